The van der Waals surface area contributed by atoms with Gasteiger partial charge in [-0.3, -0.25) is 0 Å². The fourth-order valence-corrected chi connectivity index (χ4v) is 3.30. The molecule has 0 amide bonds. The molecule has 0 N–H and O–H groups in total. The van der Waals surface area contributed by atoms with Crippen molar-refractivity contribution in [3.63, 3.8) is 0 Å². The summed E-state index contributed by atoms with van der Waals surface area (Å²) in [5, 5.41) is 0.965. The molecule has 4 rings (SSSR count). The molecule has 0 aliphatic rings. The number of rotatable bonds is 6. The van der Waals surface area contributed by atoms with Crippen LogP contribution in [0.1, 0.15) is 18.1 Å². The van der Waals surface area contributed by atoms with Crippen molar-refractivity contribution in [1.82, 2.24) is 9.55 Å². The van der Waals surface area contributed by atoms with Crippen molar-refractivity contribution in [2.75, 3.05) is 6.61 Å². The van der Waals surface area contributed by atoms with E-state index in [1.165, 1.54) is 12.1 Å². The molecule has 0 spiro atoms. The van der Waals surface area contributed by atoms with Crippen LogP contribution in [-0.2, 0) is 15.7 Å². The van der Waals surface area contributed by atoms with E-state index in [2.05, 4.69) is 4.98 Å². The van der Waals surface area contributed by atoms with E-state index in [1.54, 1.807) is 25.1 Å². The van der Waals surface area contributed by atoms with Crippen molar-refractivity contribution >= 4 is 22.9 Å². The van der Waals surface area contributed by atoms with E-state index in [4.69, 9.17) is 9.47 Å². The molecule has 5 nitrogen and oxygen atoms in total. The van der Waals surface area contributed by atoms with Gasteiger partial charge in [0.2, 0.25) is 5.88 Å². The Kier molecular flexibility index (Phi) is 6.17. The summed E-state index contributed by atoms with van der Waals surface area (Å²) in [5.74, 6) is 0.0890. The van der Waals surface area contributed by atoms with Crippen LogP contribution >= 0.6 is 0 Å². The molecule has 33 heavy (non-hydrogen) atoms. The van der Waals surface area contributed by atoms with Crippen molar-refractivity contribution in [1.29, 1.82) is 0 Å². The topological polar surface area (TPSA) is 53.4 Å². The molecule has 0 bridgehead atoms. The second-order valence-corrected chi connectivity index (χ2v) is 7.04. The molecule has 4 aromatic rings. The smallest absolute Gasteiger partial charge is 0.417 e. The minimum absolute atomic E-state index is 0.0635. The number of aromatic nitrogens is 2. The summed E-state index contributed by atoms with van der Waals surface area (Å²) in [5.41, 5.74) is 1.80. The summed E-state index contributed by atoms with van der Waals surface area (Å²) >= 11 is 0. The minimum Gasteiger partial charge on any atom is -0.463 e. The highest BCUT2D eigenvalue weighted by Crippen LogP contribution is 2.31. The number of nitrogens with zero attached hydrogens (tertiary/aromatic N) is 2. The zero-order chi connectivity index (χ0) is 23.4. The molecule has 0 saturated carbocycles. The monoisotopic (exact) mass is 452 g/mol. The molecule has 0 fully saturated rings. The average molecular weight is 452 g/mol. The lowest BCUT2D eigenvalue weighted by Gasteiger charge is -2.09. The van der Waals surface area contributed by atoms with Gasteiger partial charge >= 0.3 is 12.1 Å². The number of esters is 1. The molecule has 0 aliphatic heterocycles. The van der Waals surface area contributed by atoms with Crippen molar-refractivity contribution in [2.24, 2.45) is 0 Å². The number of carbonyl (C=O) groups excluding carboxylic acids is 1. The third-order valence-electron chi connectivity index (χ3n) is 4.83. The number of halogens is 3. The molecule has 2 aromatic heterocycles. The molecule has 168 valence electrons. The molecular weight excluding hydrogens is 433 g/mol. The van der Waals surface area contributed by atoms with E-state index in [0.717, 1.165) is 34.4 Å². The Labute approximate surface area is 187 Å². The summed E-state index contributed by atoms with van der Waals surface area (Å²) in [6.07, 6.45) is 1.31. The van der Waals surface area contributed by atoms with Crippen LogP contribution in [0.3, 0.4) is 0 Å². The molecule has 2 aromatic carbocycles. The Morgan fingerprint density at radius 3 is 2.48 bits per heavy atom. The lowest BCUT2D eigenvalue weighted by molar-refractivity contribution is -0.138. The Hall–Kier alpha value is -4.07. The number of hydrogen-bond acceptors (Lipinski definition) is 4. The molecule has 2 heterocycles. The molecule has 8 heteroatoms. The van der Waals surface area contributed by atoms with Crippen LogP contribution in [0.15, 0.2) is 79.1 Å². The van der Waals surface area contributed by atoms with Gasteiger partial charge in [0.05, 0.1) is 17.7 Å². The van der Waals surface area contributed by atoms with Gasteiger partial charge in [-0.1, -0.05) is 18.2 Å². The van der Waals surface area contributed by atoms with Crippen molar-refractivity contribution < 1.29 is 27.4 Å². The standard InChI is InChI=1S/C25H19F3N2O3/c1-2-32-24(31)14-7-17-16-30(22-6-4-3-5-21(17)22)19-9-11-20(12-10-19)33-23-13-8-18(15-29-23)25(26,27)28/h3-16H,2H2,1H3. The number of benzene rings is 2. The van der Waals surface area contributed by atoms with Gasteiger partial charge in [-0.15, -0.1) is 0 Å². The van der Waals surface area contributed by atoms with Gasteiger partial charge in [0.15, 0.2) is 0 Å². The van der Waals surface area contributed by atoms with Crippen LogP contribution in [0.5, 0.6) is 11.6 Å². The second-order valence-electron chi connectivity index (χ2n) is 7.04. The fourth-order valence-electron chi connectivity index (χ4n) is 3.30. The molecule has 0 radical (unpaired) electrons. The number of fused-ring (bicyclic) bond motifs is 1. The van der Waals surface area contributed by atoms with E-state index in [-0.39, 0.29) is 5.88 Å². The zero-order valence-electron chi connectivity index (χ0n) is 17.5. The van der Waals surface area contributed by atoms with Gasteiger partial charge in [0, 0.05) is 41.2 Å². The predicted molar refractivity (Wildman–Crippen MR) is 118 cm³/mol. The Morgan fingerprint density at radius 2 is 1.82 bits per heavy atom. The van der Waals surface area contributed by atoms with Crippen molar-refractivity contribution in [3.05, 3.63) is 90.3 Å². The minimum atomic E-state index is -4.45. The van der Waals surface area contributed by atoms with E-state index in [9.17, 15) is 18.0 Å². The van der Waals surface area contributed by atoms with Crippen molar-refractivity contribution in [2.45, 2.75) is 13.1 Å². The van der Waals surface area contributed by atoms with Gasteiger partial charge in [-0.05, 0) is 49.4 Å². The lowest BCUT2D eigenvalue weighted by atomic mass is 10.1. The highest BCUT2D eigenvalue weighted by Gasteiger charge is 2.30. The summed E-state index contributed by atoms with van der Waals surface area (Å²) in [6, 6.07) is 16.9. The first-order valence-electron chi connectivity index (χ1n) is 10.1. The lowest BCUT2D eigenvalue weighted by Crippen LogP contribution is -2.05. The highest BCUT2D eigenvalue weighted by atomic mass is 19.4. The summed E-state index contributed by atoms with van der Waals surface area (Å²) in [4.78, 5) is 15.4. The van der Waals surface area contributed by atoms with Crippen LogP contribution in [0.4, 0.5) is 13.2 Å². The molecule has 0 aliphatic carbocycles. The van der Waals surface area contributed by atoms with Gasteiger partial charge in [-0.25, -0.2) is 9.78 Å². The van der Waals surface area contributed by atoms with E-state index >= 15 is 0 Å². The maximum atomic E-state index is 12.7. The second kappa shape index (κ2) is 9.20. The van der Waals surface area contributed by atoms with Gasteiger partial charge < -0.3 is 14.0 Å². The number of hydrogen-bond donors (Lipinski definition) is 0. The molecule has 0 saturated heterocycles. The number of carbonyl (C=O) groups is 1. The quantitative estimate of drug-likeness (QED) is 0.251. The fraction of sp³-hybridized carbons (Fsp3) is 0.120. The number of alkyl halides is 3. The first-order chi connectivity index (χ1) is 15.8. The third kappa shape index (κ3) is 5.06. The van der Waals surface area contributed by atoms with E-state index in [1.807, 2.05) is 47.2 Å². The first kappa shape index (κ1) is 22.1. The normalized spacial score (nSPS) is 11.8. The maximum Gasteiger partial charge on any atom is 0.417 e. The summed E-state index contributed by atoms with van der Waals surface area (Å²) < 4.78 is 50.5. The number of pyridine rings is 1. The largest absolute Gasteiger partial charge is 0.463 e. The van der Waals surface area contributed by atoms with Crippen LogP contribution in [-0.4, -0.2) is 22.1 Å². The van der Waals surface area contributed by atoms with Crippen LogP contribution in [0.2, 0.25) is 0 Å². The Balaban J connectivity index is 1.57. The maximum absolute atomic E-state index is 12.7. The molecular formula is C25H19F3N2O3. The van der Waals surface area contributed by atoms with Gasteiger partial charge in [0.1, 0.15) is 5.75 Å². The van der Waals surface area contributed by atoms with E-state index in [0.29, 0.717) is 12.4 Å². The Morgan fingerprint density at radius 1 is 1.06 bits per heavy atom. The predicted octanol–water partition coefficient (Wildman–Crippen LogP) is 6.41. The average Bonchev–Trinajstić information content (AvgIpc) is 3.17. The van der Waals surface area contributed by atoms with E-state index < -0.39 is 17.7 Å². The zero-order valence-corrected chi connectivity index (χ0v) is 17.5. The molecule has 0 unspecified atom stereocenters. The Bertz CT molecular complexity index is 1290. The van der Waals surface area contributed by atoms with Gasteiger partial charge in [-0.2, -0.15) is 13.2 Å². The number of para-hydroxylation sites is 1. The number of ether oxygens (including phenoxy) is 2. The highest BCUT2D eigenvalue weighted by molar-refractivity contribution is 5.95. The van der Waals surface area contributed by atoms with Crippen LogP contribution in [0.25, 0.3) is 22.7 Å². The first-order valence-corrected chi connectivity index (χ1v) is 10.1. The van der Waals surface area contributed by atoms with Crippen LogP contribution < -0.4 is 4.74 Å². The van der Waals surface area contributed by atoms with Gasteiger partial charge in [0.25, 0.3) is 0 Å². The van der Waals surface area contributed by atoms with Crippen LogP contribution in [0, 0.1) is 0 Å². The van der Waals surface area contributed by atoms with Crippen molar-refractivity contribution in [3.8, 4) is 17.3 Å². The summed E-state index contributed by atoms with van der Waals surface area (Å²) in [7, 11) is 0. The third-order valence-corrected chi connectivity index (χ3v) is 4.83. The summed E-state index contributed by atoms with van der Waals surface area (Å²) in [6.45, 7) is 2.06. The SMILES string of the molecule is CCOC(=O)C=Cc1cn(-c2ccc(Oc3ccc(C(F)(F)F)cn3)cc2)c2ccccc12. The molecule has 0 atom stereocenters.